The van der Waals surface area contributed by atoms with Gasteiger partial charge < -0.3 is 4.57 Å². The van der Waals surface area contributed by atoms with E-state index in [0.29, 0.717) is 11.1 Å². The number of rotatable bonds is 3. The Bertz CT molecular complexity index is 2310. The van der Waals surface area contributed by atoms with Crippen molar-refractivity contribution in [3.63, 3.8) is 0 Å². The maximum absolute atomic E-state index is 10.1. The van der Waals surface area contributed by atoms with E-state index in [2.05, 4.69) is 108 Å². The first-order chi connectivity index (χ1) is 21.2. The molecule has 3 heteroatoms. The van der Waals surface area contributed by atoms with Gasteiger partial charge in [-0.05, 0) is 87.8 Å². The van der Waals surface area contributed by atoms with Crippen molar-refractivity contribution in [1.82, 2.24) is 4.57 Å². The fourth-order valence-electron chi connectivity index (χ4n) is 6.86. The lowest BCUT2D eigenvalue weighted by Gasteiger charge is -2.28. The molecule has 0 saturated heterocycles. The van der Waals surface area contributed by atoms with E-state index in [1.165, 1.54) is 27.8 Å². The van der Waals surface area contributed by atoms with Crippen LogP contribution in [0.4, 0.5) is 0 Å². The summed E-state index contributed by atoms with van der Waals surface area (Å²) in [6, 6.07) is 51.1. The Morgan fingerprint density at radius 1 is 0.558 bits per heavy atom. The SMILES string of the molecule is N#Cc1cc(-c2cccc(C3Cc4ccccc4-c4ccccc43)c2)cc(-n2c3ccccc3c3cc(C#N)ccc32)c1. The van der Waals surface area contributed by atoms with Gasteiger partial charge in [0.2, 0.25) is 0 Å². The molecule has 0 saturated carbocycles. The maximum Gasteiger partial charge on any atom is 0.0992 e. The Kier molecular flexibility index (Phi) is 5.71. The molecule has 1 heterocycles. The van der Waals surface area contributed by atoms with Crippen molar-refractivity contribution in [3.8, 4) is 40.1 Å². The van der Waals surface area contributed by atoms with Crippen LogP contribution in [0.3, 0.4) is 0 Å². The number of nitrogens with zero attached hydrogens (tertiary/aromatic N) is 3. The van der Waals surface area contributed by atoms with E-state index in [1.54, 1.807) is 0 Å². The average molecular weight is 548 g/mol. The van der Waals surface area contributed by atoms with Gasteiger partial charge in [-0.25, -0.2) is 0 Å². The number of hydrogen-bond donors (Lipinski definition) is 0. The highest BCUT2D eigenvalue weighted by molar-refractivity contribution is 6.09. The van der Waals surface area contributed by atoms with E-state index in [9.17, 15) is 10.5 Å². The summed E-state index contributed by atoms with van der Waals surface area (Å²) in [5, 5.41) is 21.7. The second-order valence-corrected chi connectivity index (χ2v) is 11.2. The fraction of sp³-hybridized carbons (Fsp3) is 0.0500. The predicted molar refractivity (Wildman–Crippen MR) is 173 cm³/mol. The van der Waals surface area contributed by atoms with Crippen molar-refractivity contribution in [2.45, 2.75) is 12.3 Å². The summed E-state index contributed by atoms with van der Waals surface area (Å²) in [4.78, 5) is 0. The third-order valence-electron chi connectivity index (χ3n) is 8.80. The number of hydrogen-bond acceptors (Lipinski definition) is 2. The molecule has 0 spiro atoms. The smallest absolute Gasteiger partial charge is 0.0992 e. The van der Waals surface area contributed by atoms with E-state index >= 15 is 0 Å². The molecule has 1 aliphatic rings. The number of nitriles is 2. The minimum absolute atomic E-state index is 0.247. The van der Waals surface area contributed by atoms with Crippen molar-refractivity contribution >= 4 is 21.8 Å². The van der Waals surface area contributed by atoms with Gasteiger partial charge >= 0.3 is 0 Å². The van der Waals surface area contributed by atoms with Crippen LogP contribution in [-0.2, 0) is 6.42 Å². The third kappa shape index (κ3) is 4.03. The molecular weight excluding hydrogens is 522 g/mol. The van der Waals surface area contributed by atoms with Gasteiger partial charge in [-0.1, -0.05) is 91.0 Å². The Balaban J connectivity index is 1.28. The topological polar surface area (TPSA) is 52.5 Å². The van der Waals surface area contributed by atoms with Crippen LogP contribution in [0.2, 0.25) is 0 Å². The summed E-state index contributed by atoms with van der Waals surface area (Å²) in [5.41, 5.74) is 12.9. The molecule has 43 heavy (non-hydrogen) atoms. The fourth-order valence-corrected chi connectivity index (χ4v) is 6.86. The highest BCUT2D eigenvalue weighted by Gasteiger charge is 2.25. The normalized spacial score (nSPS) is 13.7. The second-order valence-electron chi connectivity index (χ2n) is 11.2. The van der Waals surface area contributed by atoms with Gasteiger partial charge in [0.1, 0.15) is 0 Å². The van der Waals surface area contributed by atoms with Crippen LogP contribution in [-0.4, -0.2) is 4.57 Å². The molecule has 0 aliphatic heterocycles. The standard InChI is InChI=1S/C40H25N3/c41-24-26-16-17-40-38(20-26)36-14-5-6-15-39(36)43(40)32-19-27(25-42)18-31(22-32)28-9-7-10-29(21-28)37-23-30-8-1-2-11-33(30)34-12-3-4-13-35(34)37/h1-22,37H,23H2. The van der Waals surface area contributed by atoms with Crippen LogP contribution in [0.25, 0.3) is 49.7 Å². The quantitative estimate of drug-likeness (QED) is 0.221. The van der Waals surface area contributed by atoms with Crippen LogP contribution >= 0.6 is 0 Å². The zero-order valence-corrected chi connectivity index (χ0v) is 23.3. The molecule has 1 atom stereocenters. The first kappa shape index (κ1) is 24.9. The van der Waals surface area contributed by atoms with Crippen molar-refractivity contribution in [3.05, 3.63) is 161 Å². The molecule has 1 aliphatic carbocycles. The Hall–Kier alpha value is -5.90. The first-order valence-corrected chi connectivity index (χ1v) is 14.5. The highest BCUT2D eigenvalue weighted by Crippen LogP contribution is 2.43. The van der Waals surface area contributed by atoms with Gasteiger partial charge in [-0.15, -0.1) is 0 Å². The van der Waals surface area contributed by atoms with E-state index in [1.807, 2.05) is 42.5 Å². The lowest BCUT2D eigenvalue weighted by Crippen LogP contribution is -2.12. The van der Waals surface area contributed by atoms with Gasteiger partial charge in [0.25, 0.3) is 0 Å². The molecule has 1 unspecified atom stereocenters. The zero-order valence-electron chi connectivity index (χ0n) is 23.3. The van der Waals surface area contributed by atoms with Crippen LogP contribution in [0, 0.1) is 22.7 Å². The molecule has 0 N–H and O–H groups in total. The molecule has 0 radical (unpaired) electrons. The van der Waals surface area contributed by atoms with Crippen LogP contribution < -0.4 is 0 Å². The lowest BCUT2D eigenvalue weighted by atomic mass is 9.75. The zero-order chi connectivity index (χ0) is 28.9. The predicted octanol–water partition coefficient (Wildman–Crippen LogP) is 9.55. The molecule has 3 nitrogen and oxygen atoms in total. The van der Waals surface area contributed by atoms with Crippen molar-refractivity contribution in [2.75, 3.05) is 0 Å². The minimum atomic E-state index is 0.247. The van der Waals surface area contributed by atoms with Gasteiger partial charge in [-0.2, -0.15) is 10.5 Å². The van der Waals surface area contributed by atoms with E-state index in [4.69, 9.17) is 0 Å². The second kappa shape index (κ2) is 9.88. The first-order valence-electron chi connectivity index (χ1n) is 14.5. The van der Waals surface area contributed by atoms with Crippen molar-refractivity contribution < 1.29 is 0 Å². The van der Waals surface area contributed by atoms with E-state index < -0.39 is 0 Å². The average Bonchev–Trinajstić information content (AvgIpc) is 3.41. The third-order valence-corrected chi connectivity index (χ3v) is 8.80. The van der Waals surface area contributed by atoms with Gasteiger partial charge in [0.15, 0.2) is 0 Å². The van der Waals surface area contributed by atoms with E-state index in [-0.39, 0.29) is 5.92 Å². The number of fused-ring (bicyclic) bond motifs is 6. The summed E-state index contributed by atoms with van der Waals surface area (Å²) >= 11 is 0. The molecule has 1 aromatic heterocycles. The van der Waals surface area contributed by atoms with Gasteiger partial charge in [0, 0.05) is 22.4 Å². The van der Waals surface area contributed by atoms with Gasteiger partial charge in [-0.3, -0.25) is 0 Å². The molecule has 8 rings (SSSR count). The summed E-state index contributed by atoms with van der Waals surface area (Å²) in [6.07, 6.45) is 0.951. The molecule has 0 amide bonds. The Morgan fingerprint density at radius 3 is 2.21 bits per heavy atom. The van der Waals surface area contributed by atoms with Crippen molar-refractivity contribution in [2.24, 2.45) is 0 Å². The summed E-state index contributed by atoms with van der Waals surface area (Å²) in [7, 11) is 0. The van der Waals surface area contributed by atoms with Crippen LogP contribution in [0.5, 0.6) is 0 Å². The summed E-state index contributed by atoms with van der Waals surface area (Å²) in [5.74, 6) is 0.247. The van der Waals surface area contributed by atoms with Crippen LogP contribution in [0.1, 0.15) is 33.7 Å². The van der Waals surface area contributed by atoms with Crippen LogP contribution in [0.15, 0.2) is 133 Å². The lowest BCUT2D eigenvalue weighted by molar-refractivity contribution is 0.794. The Morgan fingerprint density at radius 2 is 1.33 bits per heavy atom. The molecule has 0 fully saturated rings. The molecule has 200 valence electrons. The highest BCUT2D eigenvalue weighted by atomic mass is 15.0. The number of benzene rings is 6. The molecule has 6 aromatic carbocycles. The van der Waals surface area contributed by atoms with Crippen molar-refractivity contribution in [1.29, 1.82) is 10.5 Å². The number of para-hydroxylation sites is 1. The Labute approximate surface area is 250 Å². The largest absolute Gasteiger partial charge is 0.309 e. The molecule has 0 bridgehead atoms. The monoisotopic (exact) mass is 547 g/mol. The maximum atomic E-state index is 10.1. The molecular formula is C40H25N3. The summed E-state index contributed by atoms with van der Waals surface area (Å²) in [6.45, 7) is 0. The van der Waals surface area contributed by atoms with Gasteiger partial charge in [0.05, 0.1) is 34.3 Å². The molecule has 7 aromatic rings. The van der Waals surface area contributed by atoms with E-state index in [0.717, 1.165) is 45.0 Å². The summed E-state index contributed by atoms with van der Waals surface area (Å²) < 4.78 is 2.20. The minimum Gasteiger partial charge on any atom is -0.309 e. The number of aromatic nitrogens is 1.